The van der Waals surface area contributed by atoms with Gasteiger partial charge in [-0.1, -0.05) is 59.1 Å². The first-order valence-corrected chi connectivity index (χ1v) is 11.1. The van der Waals surface area contributed by atoms with Gasteiger partial charge in [-0.3, -0.25) is 9.80 Å². The van der Waals surface area contributed by atoms with Gasteiger partial charge in [0.2, 0.25) is 0 Å². The zero-order valence-corrected chi connectivity index (χ0v) is 18.2. The van der Waals surface area contributed by atoms with Gasteiger partial charge in [-0.05, 0) is 24.6 Å². The second-order valence-corrected chi connectivity index (χ2v) is 8.98. The fourth-order valence-corrected chi connectivity index (χ4v) is 4.58. The van der Waals surface area contributed by atoms with Crippen molar-refractivity contribution >= 4 is 34.5 Å². The van der Waals surface area contributed by atoms with Crippen molar-refractivity contribution in [2.75, 3.05) is 26.2 Å². The van der Waals surface area contributed by atoms with Gasteiger partial charge in [0.15, 0.2) is 0 Å². The summed E-state index contributed by atoms with van der Waals surface area (Å²) in [5.41, 5.74) is 4.86. The van der Waals surface area contributed by atoms with Gasteiger partial charge in [0.25, 0.3) is 0 Å². The Hall–Kier alpha value is -1.43. The number of thiazole rings is 1. The Labute approximate surface area is 180 Å². The maximum atomic E-state index is 6.13. The van der Waals surface area contributed by atoms with E-state index in [0.29, 0.717) is 10.0 Å². The Morgan fingerprint density at radius 3 is 2.25 bits per heavy atom. The summed E-state index contributed by atoms with van der Waals surface area (Å²) >= 11 is 13.9. The molecule has 2 aromatic carbocycles. The number of halogens is 2. The highest BCUT2D eigenvalue weighted by atomic mass is 35.5. The molecule has 1 aromatic heterocycles. The first kappa shape index (κ1) is 19.9. The summed E-state index contributed by atoms with van der Waals surface area (Å²) in [7, 11) is 0. The molecule has 146 valence electrons. The predicted octanol–water partition coefficient (Wildman–Crippen LogP) is 5.74. The maximum absolute atomic E-state index is 6.13. The molecule has 0 N–H and O–H groups in total. The molecule has 1 aliphatic rings. The highest BCUT2D eigenvalue weighted by Crippen LogP contribution is 2.25. The second-order valence-electron chi connectivity index (χ2n) is 7.31. The fraction of sp³-hybridized carbons (Fsp3) is 0.318. The van der Waals surface area contributed by atoms with Crippen molar-refractivity contribution in [3.63, 3.8) is 0 Å². The van der Waals surface area contributed by atoms with Crippen LogP contribution >= 0.6 is 34.5 Å². The number of hydrogen-bond acceptors (Lipinski definition) is 4. The molecule has 2 heterocycles. The minimum atomic E-state index is 0.614. The molecule has 1 fully saturated rings. The molecule has 3 nitrogen and oxygen atoms in total. The molecule has 1 saturated heterocycles. The highest BCUT2D eigenvalue weighted by Gasteiger charge is 2.18. The molecule has 0 aliphatic carbocycles. The molecular weight excluding hydrogens is 409 g/mol. The van der Waals surface area contributed by atoms with Gasteiger partial charge in [0.05, 0.1) is 15.7 Å². The Kier molecular flexibility index (Phi) is 6.34. The largest absolute Gasteiger partial charge is 0.297 e. The number of hydrogen-bond donors (Lipinski definition) is 0. The van der Waals surface area contributed by atoms with Crippen molar-refractivity contribution in [1.29, 1.82) is 0 Å². The van der Waals surface area contributed by atoms with Gasteiger partial charge in [0, 0.05) is 50.2 Å². The van der Waals surface area contributed by atoms with E-state index in [-0.39, 0.29) is 0 Å². The number of nitrogens with zero attached hydrogens (tertiary/aromatic N) is 3. The summed E-state index contributed by atoms with van der Waals surface area (Å²) in [5, 5.41) is 4.54. The molecule has 0 radical (unpaired) electrons. The minimum Gasteiger partial charge on any atom is -0.297 e. The van der Waals surface area contributed by atoms with E-state index in [0.717, 1.165) is 44.3 Å². The Bertz CT molecular complexity index is 931. The summed E-state index contributed by atoms with van der Waals surface area (Å²) < 4.78 is 0. The van der Waals surface area contributed by atoms with E-state index in [9.17, 15) is 0 Å². The molecule has 0 unspecified atom stereocenters. The van der Waals surface area contributed by atoms with E-state index < -0.39 is 0 Å². The average molecular weight is 432 g/mol. The highest BCUT2D eigenvalue weighted by molar-refractivity contribution is 7.13. The normalized spacial score (nSPS) is 15.8. The zero-order chi connectivity index (χ0) is 19.5. The van der Waals surface area contributed by atoms with E-state index in [1.54, 1.807) is 11.3 Å². The van der Waals surface area contributed by atoms with E-state index >= 15 is 0 Å². The topological polar surface area (TPSA) is 19.4 Å². The van der Waals surface area contributed by atoms with Crippen molar-refractivity contribution in [3.05, 3.63) is 74.7 Å². The first-order valence-electron chi connectivity index (χ1n) is 9.47. The van der Waals surface area contributed by atoms with Crippen LogP contribution in [0.1, 0.15) is 16.8 Å². The van der Waals surface area contributed by atoms with Crippen LogP contribution in [0.5, 0.6) is 0 Å². The quantitative estimate of drug-likeness (QED) is 0.512. The van der Waals surface area contributed by atoms with Crippen LogP contribution < -0.4 is 0 Å². The maximum Gasteiger partial charge on any atom is 0.123 e. The number of aromatic nitrogens is 1. The number of piperazine rings is 1. The third-order valence-corrected chi connectivity index (χ3v) is 6.77. The standard InChI is InChI=1S/C22H23Cl2N3S/c1-16-2-5-18(6-3-16)22-25-19(15-28-22)14-27-10-8-26(9-11-27)13-17-4-7-20(23)21(24)12-17/h2-7,12,15H,8-11,13-14H2,1H3. The average Bonchev–Trinajstić information content (AvgIpc) is 3.15. The van der Waals surface area contributed by atoms with Crippen LogP contribution in [0.25, 0.3) is 10.6 Å². The molecule has 0 amide bonds. The van der Waals surface area contributed by atoms with Crippen LogP contribution in [0.3, 0.4) is 0 Å². The van der Waals surface area contributed by atoms with E-state index in [4.69, 9.17) is 28.2 Å². The van der Waals surface area contributed by atoms with Crippen molar-refractivity contribution < 1.29 is 0 Å². The summed E-state index contributed by atoms with van der Waals surface area (Å²) in [6, 6.07) is 14.5. The summed E-state index contributed by atoms with van der Waals surface area (Å²) in [5.74, 6) is 0. The third-order valence-electron chi connectivity index (χ3n) is 5.09. The second kappa shape index (κ2) is 8.93. The van der Waals surface area contributed by atoms with E-state index in [1.165, 1.54) is 22.4 Å². The number of aryl methyl sites for hydroxylation is 1. The summed E-state index contributed by atoms with van der Waals surface area (Å²) in [6.45, 7) is 8.15. The van der Waals surface area contributed by atoms with Crippen LogP contribution in [0.15, 0.2) is 47.8 Å². The lowest BCUT2D eigenvalue weighted by molar-refractivity contribution is 0.121. The molecule has 0 saturated carbocycles. The molecule has 1 aliphatic heterocycles. The monoisotopic (exact) mass is 431 g/mol. The van der Waals surface area contributed by atoms with Crippen LogP contribution in [0, 0.1) is 6.92 Å². The SMILES string of the molecule is Cc1ccc(-c2nc(CN3CCN(Cc4ccc(Cl)c(Cl)c4)CC3)cs2)cc1. The van der Waals surface area contributed by atoms with Gasteiger partial charge >= 0.3 is 0 Å². The Morgan fingerprint density at radius 1 is 0.893 bits per heavy atom. The Balaban J connectivity index is 1.30. The van der Waals surface area contributed by atoms with Crippen LogP contribution in [-0.2, 0) is 13.1 Å². The molecule has 0 bridgehead atoms. The summed E-state index contributed by atoms with van der Waals surface area (Å²) in [4.78, 5) is 9.80. The summed E-state index contributed by atoms with van der Waals surface area (Å²) in [6.07, 6.45) is 0. The lowest BCUT2D eigenvalue weighted by atomic mass is 10.2. The lowest BCUT2D eigenvalue weighted by Gasteiger charge is -2.34. The third kappa shape index (κ3) is 4.94. The fourth-order valence-electron chi connectivity index (χ4n) is 3.44. The van der Waals surface area contributed by atoms with Gasteiger partial charge in [-0.25, -0.2) is 4.98 Å². The number of rotatable bonds is 5. The van der Waals surface area contributed by atoms with Gasteiger partial charge in [-0.15, -0.1) is 11.3 Å². The van der Waals surface area contributed by atoms with E-state index in [1.807, 2.05) is 12.1 Å². The molecule has 0 atom stereocenters. The van der Waals surface area contributed by atoms with Crippen LogP contribution in [0.4, 0.5) is 0 Å². The van der Waals surface area contributed by atoms with Crippen molar-refractivity contribution in [1.82, 2.24) is 14.8 Å². The van der Waals surface area contributed by atoms with Crippen LogP contribution in [-0.4, -0.2) is 41.0 Å². The Morgan fingerprint density at radius 2 is 1.57 bits per heavy atom. The van der Waals surface area contributed by atoms with Gasteiger partial charge in [0.1, 0.15) is 5.01 Å². The molecular formula is C22H23Cl2N3S. The van der Waals surface area contributed by atoms with Gasteiger partial charge in [-0.2, -0.15) is 0 Å². The molecule has 3 aromatic rings. The van der Waals surface area contributed by atoms with Crippen molar-refractivity contribution in [2.24, 2.45) is 0 Å². The molecule has 0 spiro atoms. The van der Waals surface area contributed by atoms with E-state index in [2.05, 4.69) is 52.4 Å². The molecule has 4 rings (SSSR count). The smallest absolute Gasteiger partial charge is 0.123 e. The molecule has 28 heavy (non-hydrogen) atoms. The van der Waals surface area contributed by atoms with Crippen LogP contribution in [0.2, 0.25) is 10.0 Å². The van der Waals surface area contributed by atoms with Crippen molar-refractivity contribution in [2.45, 2.75) is 20.0 Å². The lowest BCUT2D eigenvalue weighted by Crippen LogP contribution is -2.45. The first-order chi connectivity index (χ1) is 13.6. The minimum absolute atomic E-state index is 0.614. The van der Waals surface area contributed by atoms with Crippen molar-refractivity contribution in [3.8, 4) is 10.6 Å². The zero-order valence-electron chi connectivity index (χ0n) is 15.9. The number of benzene rings is 2. The molecule has 6 heteroatoms. The van der Waals surface area contributed by atoms with Gasteiger partial charge < -0.3 is 0 Å². The predicted molar refractivity (Wildman–Crippen MR) is 119 cm³/mol.